The molecule has 0 saturated carbocycles. The van der Waals surface area contributed by atoms with Crippen LogP contribution < -0.4 is 11.5 Å². The van der Waals surface area contributed by atoms with Crippen LogP contribution in [-0.2, 0) is 15.8 Å². The van der Waals surface area contributed by atoms with Gasteiger partial charge in [-0.25, -0.2) is 0 Å². The summed E-state index contributed by atoms with van der Waals surface area (Å²) in [5.41, 5.74) is 11.9. The monoisotopic (exact) mass is 284 g/mol. The quantitative estimate of drug-likeness (QED) is 0.786. The van der Waals surface area contributed by atoms with Gasteiger partial charge in [-0.3, -0.25) is 0 Å². The van der Waals surface area contributed by atoms with Crippen molar-refractivity contribution in [2.45, 2.75) is 12.6 Å². The van der Waals surface area contributed by atoms with Gasteiger partial charge in [0.25, 0.3) is 0 Å². The van der Waals surface area contributed by atoms with Gasteiger partial charge in [-0.2, -0.15) is 0 Å². The molecule has 1 atom stereocenters. The van der Waals surface area contributed by atoms with Crippen molar-refractivity contribution in [2.24, 2.45) is 0 Å². The van der Waals surface area contributed by atoms with Crippen molar-refractivity contribution in [1.82, 2.24) is 19.5 Å². The van der Waals surface area contributed by atoms with Crippen molar-refractivity contribution >= 4 is 30.8 Å². The number of aromatic nitrogens is 4. The molecule has 0 aliphatic rings. The number of halogens is 1. The first-order chi connectivity index (χ1) is 9.15. The number of anilines is 2. The first-order valence-corrected chi connectivity index (χ1v) is 5.99. The second-order valence-corrected chi connectivity index (χ2v) is 3.98. The van der Waals surface area contributed by atoms with E-state index in [0.717, 1.165) is 0 Å². The second-order valence-electron chi connectivity index (χ2n) is 3.61. The first kappa shape index (κ1) is 13.5. The van der Waals surface area contributed by atoms with Gasteiger partial charge < -0.3 is 0 Å². The van der Waals surface area contributed by atoms with E-state index in [9.17, 15) is 8.96 Å². The fourth-order valence-corrected chi connectivity index (χ4v) is 1.74. The van der Waals surface area contributed by atoms with Crippen LogP contribution in [0.2, 0.25) is 0 Å². The fraction of sp³-hybridized carbons (Fsp3) is 0.333. The van der Waals surface area contributed by atoms with Gasteiger partial charge in [-0.15, -0.1) is 0 Å². The van der Waals surface area contributed by atoms with E-state index in [1.165, 1.54) is 10.9 Å². The summed E-state index contributed by atoms with van der Waals surface area (Å²) < 4.78 is 29.3. The number of fused-ring (bicyclic) bond motifs is 1. The third-order valence-corrected chi connectivity index (χ3v) is 2.52. The molecule has 100 valence electrons. The molecule has 2 heterocycles. The summed E-state index contributed by atoms with van der Waals surface area (Å²) in [7, 11) is -0.447. The third-order valence-electron chi connectivity index (χ3n) is 2.34. The summed E-state index contributed by atoms with van der Waals surface area (Å²) >= 11 is 0. The Morgan fingerprint density at radius 1 is 1.53 bits per heavy atom. The van der Waals surface area contributed by atoms with E-state index < -0.39 is 20.7 Å². The first-order valence-electron chi connectivity index (χ1n) is 5.18. The number of ether oxygens (including phenoxy) is 1. The molecule has 0 spiro atoms. The zero-order valence-electron chi connectivity index (χ0n) is 9.65. The number of rotatable bonds is 4. The Balaban J connectivity index is 2.34. The van der Waals surface area contributed by atoms with Gasteiger partial charge in [-0.1, -0.05) is 0 Å². The maximum atomic E-state index is 12.7. The van der Waals surface area contributed by atoms with Crippen LogP contribution in [0.5, 0.6) is 0 Å². The van der Waals surface area contributed by atoms with E-state index in [-0.39, 0.29) is 18.3 Å². The summed E-state index contributed by atoms with van der Waals surface area (Å²) in [6.45, 7) is -0.677. The summed E-state index contributed by atoms with van der Waals surface area (Å²) in [4.78, 5) is 11.8. The summed E-state index contributed by atoms with van der Waals surface area (Å²) in [6, 6.07) is 0. The van der Waals surface area contributed by atoms with Crippen LogP contribution in [-0.4, -0.2) is 32.3 Å². The molecule has 0 fully saturated rings. The molecule has 0 aliphatic carbocycles. The molecule has 0 amide bonds. The topological polar surface area (TPSA) is 122 Å². The van der Waals surface area contributed by atoms with Gasteiger partial charge in [-0.05, 0) is 0 Å². The summed E-state index contributed by atoms with van der Waals surface area (Å²) in [6.07, 6.45) is 0.576. The normalized spacial score (nSPS) is 12.3. The average Bonchev–Trinajstić information content (AvgIpc) is 2.77. The van der Waals surface area contributed by atoms with E-state index in [2.05, 4.69) is 15.0 Å². The summed E-state index contributed by atoms with van der Waals surface area (Å²) in [5, 5.41) is 0. The predicted octanol–water partition coefficient (Wildman–Crippen LogP) is 0.554. The molecule has 2 aromatic rings. The van der Waals surface area contributed by atoms with Gasteiger partial charge in [0.05, 0.1) is 0 Å². The van der Waals surface area contributed by atoms with E-state index in [1.54, 1.807) is 0 Å². The van der Waals surface area contributed by atoms with Gasteiger partial charge in [0.15, 0.2) is 0 Å². The van der Waals surface area contributed by atoms with Crippen molar-refractivity contribution in [1.29, 1.82) is 0 Å². The molecular formula is C9H10FN6O2P. The molecule has 4 N–H and O–H groups in total. The second kappa shape index (κ2) is 5.79. The van der Waals surface area contributed by atoms with Crippen LogP contribution in [0.25, 0.3) is 11.2 Å². The standard InChI is InChI=1S/C9H10FN6O2P/c10-1-5(18-4-19-17)2-16-3-13-6-7(11)14-9(12)15-8(6)16/h3,5H,1-2H2,(H4,11,12,14,15). The molecule has 1 unspecified atom stereocenters. The van der Waals surface area contributed by atoms with Crippen LogP contribution in [0.15, 0.2) is 6.33 Å². The molecule has 0 aromatic carbocycles. The average molecular weight is 284 g/mol. The molecule has 8 nitrogen and oxygen atoms in total. The number of alkyl halides is 1. The van der Waals surface area contributed by atoms with Gasteiger partial charge in [0.1, 0.15) is 0 Å². The molecule has 0 radical (unpaired) electrons. The molecular weight excluding hydrogens is 274 g/mol. The number of hydrogen-bond donors (Lipinski definition) is 2. The Hall–Kier alpha value is -1.95. The van der Waals surface area contributed by atoms with E-state index >= 15 is 0 Å². The fourth-order valence-electron chi connectivity index (χ4n) is 1.55. The van der Waals surface area contributed by atoms with Crippen LogP contribution in [0, 0.1) is 5.81 Å². The van der Waals surface area contributed by atoms with Gasteiger partial charge in [0.2, 0.25) is 0 Å². The van der Waals surface area contributed by atoms with Crippen LogP contribution in [0.1, 0.15) is 0 Å². The third kappa shape index (κ3) is 2.90. The molecule has 0 saturated heterocycles. The van der Waals surface area contributed by atoms with Crippen LogP contribution in [0.3, 0.4) is 0 Å². The van der Waals surface area contributed by atoms with Gasteiger partial charge in [0, 0.05) is 0 Å². The molecule has 0 aliphatic heterocycles. The molecule has 19 heavy (non-hydrogen) atoms. The Morgan fingerprint density at radius 2 is 2.32 bits per heavy atom. The minimum absolute atomic E-state index is 0.000619. The Bertz CT molecular complexity index is 699. The number of imidazole rings is 1. The van der Waals surface area contributed by atoms with Crippen molar-refractivity contribution < 1.29 is 13.7 Å². The zero-order valence-corrected chi connectivity index (χ0v) is 10.5. The number of nitrogens with zero attached hydrogens (tertiary/aromatic N) is 4. The molecule has 2 rings (SSSR count). The van der Waals surface area contributed by atoms with Crippen molar-refractivity contribution in [2.75, 3.05) is 18.1 Å². The number of hydrogen-bond acceptors (Lipinski definition) is 7. The predicted molar refractivity (Wildman–Crippen MR) is 66.5 cm³/mol. The SMILES string of the molecule is Nc1nc(N)c2ncn(CC(CF)OC#P=O)c2n1. The van der Waals surface area contributed by atoms with E-state index in [0.29, 0.717) is 11.2 Å². The molecule has 10 heteroatoms. The zero-order chi connectivity index (χ0) is 13.8. The van der Waals surface area contributed by atoms with Crippen molar-refractivity contribution in [3.05, 3.63) is 6.33 Å². The van der Waals surface area contributed by atoms with Crippen molar-refractivity contribution in [3.63, 3.8) is 0 Å². The van der Waals surface area contributed by atoms with Crippen molar-refractivity contribution in [3.8, 4) is 5.81 Å². The maximum absolute atomic E-state index is 12.7. The summed E-state index contributed by atoms with van der Waals surface area (Å²) in [5.74, 6) is 2.19. The number of nitrogens with two attached hydrogens (primary N) is 2. The Kier molecular flexibility index (Phi) is 4.11. The van der Waals surface area contributed by atoms with Gasteiger partial charge >= 0.3 is 107 Å². The van der Waals surface area contributed by atoms with E-state index in [1.807, 2.05) is 5.81 Å². The minimum atomic E-state index is -0.851. The Morgan fingerprint density at radius 3 is 3.00 bits per heavy atom. The number of nitrogen functional groups attached to an aromatic ring is 2. The van der Waals surface area contributed by atoms with E-state index in [4.69, 9.17) is 16.2 Å². The van der Waals surface area contributed by atoms with Crippen LogP contribution in [0.4, 0.5) is 16.2 Å². The van der Waals surface area contributed by atoms with Crippen LogP contribution >= 0.6 is 7.92 Å². The Labute approximate surface area is 108 Å². The molecule has 0 bridgehead atoms. The molecule has 2 aromatic heterocycles.